The van der Waals surface area contributed by atoms with E-state index in [0.717, 1.165) is 5.56 Å². The molecule has 24 heavy (non-hydrogen) atoms. The highest BCUT2D eigenvalue weighted by Crippen LogP contribution is 2.26. The molecule has 130 valence electrons. The lowest BCUT2D eigenvalue weighted by Gasteiger charge is -2.22. The molecule has 0 amide bonds. The van der Waals surface area contributed by atoms with Crippen LogP contribution in [0.5, 0.6) is 5.75 Å². The maximum atomic E-state index is 13.3. The van der Waals surface area contributed by atoms with Crippen LogP contribution >= 0.6 is 0 Å². The Morgan fingerprint density at radius 3 is 2.17 bits per heavy atom. The van der Waals surface area contributed by atoms with Crippen LogP contribution in [-0.4, -0.2) is 29.3 Å². The highest BCUT2D eigenvalue weighted by Gasteiger charge is 2.40. The first-order valence-corrected chi connectivity index (χ1v) is 8.54. The van der Waals surface area contributed by atoms with Gasteiger partial charge in [0, 0.05) is 10.6 Å². The van der Waals surface area contributed by atoms with E-state index in [0.29, 0.717) is 16.3 Å². The smallest absolute Gasteiger partial charge is 0.409 e. The quantitative estimate of drug-likeness (QED) is 0.844. The van der Waals surface area contributed by atoms with Crippen molar-refractivity contribution in [1.29, 1.82) is 0 Å². The number of aryl methyl sites for hydroxylation is 1. The van der Waals surface area contributed by atoms with Crippen LogP contribution in [0.4, 0.5) is 18.9 Å². The summed E-state index contributed by atoms with van der Waals surface area (Å²) in [6.45, 7) is 1.86. The van der Waals surface area contributed by atoms with Gasteiger partial charge >= 0.3 is 6.18 Å². The zero-order chi connectivity index (χ0) is 17.7. The van der Waals surface area contributed by atoms with Crippen LogP contribution in [0, 0.1) is 6.92 Å². The molecule has 2 rings (SSSR count). The van der Waals surface area contributed by atoms with E-state index >= 15 is 0 Å². The summed E-state index contributed by atoms with van der Waals surface area (Å²) < 4.78 is 57.0. The molecule has 7 heteroatoms. The average Bonchev–Trinajstić information content (AvgIpc) is 2.54. The summed E-state index contributed by atoms with van der Waals surface area (Å²) in [5.74, 6) is -0.00849. The van der Waals surface area contributed by atoms with Gasteiger partial charge in [-0.05, 0) is 43.3 Å². The number of methoxy groups -OCH3 is 1. The summed E-state index contributed by atoms with van der Waals surface area (Å²) in [4.78, 5) is 0.381. The van der Waals surface area contributed by atoms with Gasteiger partial charge < -0.3 is 10.1 Å². The van der Waals surface area contributed by atoms with Gasteiger partial charge in [-0.1, -0.05) is 17.7 Å². The minimum Gasteiger partial charge on any atom is -0.497 e. The summed E-state index contributed by atoms with van der Waals surface area (Å²) in [6.07, 6.45) is -4.51. The number of benzene rings is 2. The van der Waals surface area contributed by atoms with Gasteiger partial charge in [0.05, 0.1) is 23.7 Å². The fourth-order valence-electron chi connectivity index (χ4n) is 2.04. The first kappa shape index (κ1) is 18.3. The van der Waals surface area contributed by atoms with Crippen LogP contribution in [0.2, 0.25) is 0 Å². The molecule has 0 unspecified atom stereocenters. The molecular formula is C17H18F3NO2S. The van der Waals surface area contributed by atoms with Crippen LogP contribution in [0.1, 0.15) is 5.56 Å². The van der Waals surface area contributed by atoms with E-state index < -0.39 is 28.8 Å². The van der Waals surface area contributed by atoms with Crippen molar-refractivity contribution in [3.63, 3.8) is 0 Å². The second-order valence-electron chi connectivity index (χ2n) is 5.29. The molecule has 3 nitrogen and oxygen atoms in total. The molecule has 1 N–H and O–H groups in total. The van der Waals surface area contributed by atoms with Crippen molar-refractivity contribution < 1.29 is 22.1 Å². The molecular weight excluding hydrogens is 339 g/mol. The molecule has 0 aliphatic carbocycles. The predicted molar refractivity (Wildman–Crippen MR) is 88.9 cm³/mol. The summed E-state index contributed by atoms with van der Waals surface area (Å²) in [5, 5.41) is 2.41. The van der Waals surface area contributed by atoms with Crippen molar-refractivity contribution in [1.82, 2.24) is 0 Å². The molecule has 0 bridgehead atoms. The number of halogens is 3. The number of anilines is 1. The van der Waals surface area contributed by atoms with E-state index in [4.69, 9.17) is 4.74 Å². The third kappa shape index (κ3) is 4.99. The van der Waals surface area contributed by atoms with E-state index in [1.54, 1.807) is 36.4 Å². The van der Waals surface area contributed by atoms with Crippen molar-refractivity contribution in [2.75, 3.05) is 18.2 Å². The fourth-order valence-corrected chi connectivity index (χ4v) is 3.25. The zero-order valence-electron chi connectivity index (χ0n) is 13.3. The standard InChI is InChI=1S/C17H18F3NO2S/c1-12-3-9-15(10-4-12)24(22)11-16(17(18,19)20)21-13-5-7-14(23-2)8-6-13/h3-10,16,21H,11H2,1-2H3/t16-,24+/m0/s1. The highest BCUT2D eigenvalue weighted by atomic mass is 32.2. The highest BCUT2D eigenvalue weighted by molar-refractivity contribution is 7.85. The summed E-state index contributed by atoms with van der Waals surface area (Å²) >= 11 is 0. The van der Waals surface area contributed by atoms with Crippen molar-refractivity contribution in [2.45, 2.75) is 24.0 Å². The second-order valence-corrected chi connectivity index (χ2v) is 6.79. The van der Waals surface area contributed by atoms with Gasteiger partial charge in [-0.2, -0.15) is 13.2 Å². The summed E-state index contributed by atoms with van der Waals surface area (Å²) in [5.41, 5.74) is 1.25. The molecule has 0 aliphatic rings. The lowest BCUT2D eigenvalue weighted by atomic mass is 10.2. The Hall–Kier alpha value is -2.02. The van der Waals surface area contributed by atoms with Crippen LogP contribution in [-0.2, 0) is 10.8 Å². The number of hydrogen-bond acceptors (Lipinski definition) is 3. The van der Waals surface area contributed by atoms with E-state index in [1.807, 2.05) is 6.92 Å². The Morgan fingerprint density at radius 1 is 1.08 bits per heavy atom. The van der Waals surface area contributed by atoms with Gasteiger partial charge in [-0.15, -0.1) is 0 Å². The van der Waals surface area contributed by atoms with Gasteiger partial charge in [0.2, 0.25) is 0 Å². The second kappa shape index (κ2) is 7.70. The normalized spacial score (nSPS) is 14.0. The molecule has 2 atom stereocenters. The average molecular weight is 357 g/mol. The fraction of sp³-hybridized carbons (Fsp3) is 0.294. The Kier molecular flexibility index (Phi) is 5.88. The van der Waals surface area contributed by atoms with E-state index in [9.17, 15) is 17.4 Å². The summed E-state index contributed by atoms with van der Waals surface area (Å²) in [6, 6.07) is 10.8. The third-order valence-corrected chi connectivity index (χ3v) is 4.86. The van der Waals surface area contributed by atoms with Crippen LogP contribution in [0.3, 0.4) is 0 Å². The number of ether oxygens (including phenoxy) is 1. The van der Waals surface area contributed by atoms with Crippen molar-refractivity contribution >= 4 is 16.5 Å². The Balaban J connectivity index is 2.13. The number of nitrogens with one attached hydrogen (secondary N) is 1. The van der Waals surface area contributed by atoms with Gasteiger partial charge in [-0.25, -0.2) is 0 Å². The first-order valence-electron chi connectivity index (χ1n) is 7.22. The molecule has 0 aromatic heterocycles. The van der Waals surface area contributed by atoms with Gasteiger partial charge in [0.25, 0.3) is 0 Å². The van der Waals surface area contributed by atoms with E-state index in [1.165, 1.54) is 19.2 Å². The Bertz CT molecular complexity index is 684. The molecule has 2 aromatic carbocycles. The molecule has 0 saturated carbocycles. The van der Waals surface area contributed by atoms with Crippen molar-refractivity contribution in [3.05, 3.63) is 54.1 Å². The molecule has 0 fully saturated rings. The molecule has 2 aromatic rings. The first-order chi connectivity index (χ1) is 11.3. The van der Waals surface area contributed by atoms with Crippen molar-refractivity contribution in [2.24, 2.45) is 0 Å². The third-order valence-electron chi connectivity index (χ3n) is 3.43. The summed E-state index contributed by atoms with van der Waals surface area (Å²) in [7, 11) is -0.277. The van der Waals surface area contributed by atoms with Crippen LogP contribution in [0.15, 0.2) is 53.4 Å². The minimum absolute atomic E-state index is 0.291. The number of hydrogen-bond donors (Lipinski definition) is 1. The topological polar surface area (TPSA) is 38.3 Å². The van der Waals surface area contributed by atoms with Crippen molar-refractivity contribution in [3.8, 4) is 5.75 Å². The SMILES string of the molecule is COc1ccc(N[C@@H](C[S@@](=O)c2ccc(C)cc2)C(F)(F)F)cc1. The lowest BCUT2D eigenvalue weighted by Crippen LogP contribution is -2.40. The van der Waals surface area contributed by atoms with Crippen LogP contribution in [0.25, 0.3) is 0 Å². The zero-order valence-corrected chi connectivity index (χ0v) is 14.1. The van der Waals surface area contributed by atoms with Gasteiger partial charge in [-0.3, -0.25) is 4.21 Å². The number of alkyl halides is 3. The number of rotatable bonds is 6. The maximum Gasteiger partial charge on any atom is 0.409 e. The Labute approximate surface area is 141 Å². The van der Waals surface area contributed by atoms with E-state index in [2.05, 4.69) is 5.32 Å². The molecule has 0 saturated heterocycles. The molecule has 0 heterocycles. The Morgan fingerprint density at radius 2 is 1.67 bits per heavy atom. The molecule has 0 aliphatic heterocycles. The van der Waals surface area contributed by atoms with Crippen LogP contribution < -0.4 is 10.1 Å². The van der Waals surface area contributed by atoms with Gasteiger partial charge in [0.1, 0.15) is 11.8 Å². The predicted octanol–water partition coefficient (Wildman–Crippen LogP) is 4.15. The monoisotopic (exact) mass is 357 g/mol. The molecule has 0 spiro atoms. The largest absolute Gasteiger partial charge is 0.497 e. The molecule has 0 radical (unpaired) electrons. The maximum absolute atomic E-state index is 13.3. The van der Waals surface area contributed by atoms with Gasteiger partial charge in [0.15, 0.2) is 0 Å². The minimum atomic E-state index is -4.51. The van der Waals surface area contributed by atoms with E-state index in [-0.39, 0.29) is 0 Å². The lowest BCUT2D eigenvalue weighted by molar-refractivity contribution is -0.137.